The van der Waals surface area contributed by atoms with Gasteiger partial charge in [-0.2, -0.15) is 10.1 Å². The molecule has 0 radical (unpaired) electrons. The van der Waals surface area contributed by atoms with Crippen molar-refractivity contribution in [3.63, 3.8) is 0 Å². The monoisotopic (exact) mass is 490 g/mol. The lowest BCUT2D eigenvalue weighted by Crippen LogP contribution is -2.32. The second-order valence-corrected chi connectivity index (χ2v) is 8.63. The summed E-state index contributed by atoms with van der Waals surface area (Å²) in [7, 11) is 3.19. The van der Waals surface area contributed by atoms with Gasteiger partial charge in [0.15, 0.2) is 11.5 Å². The number of halogens is 2. The molecule has 3 aromatic carbocycles. The van der Waals surface area contributed by atoms with E-state index < -0.39 is 12.1 Å². The van der Waals surface area contributed by atoms with Crippen LogP contribution in [0.15, 0.2) is 72.6 Å². The molecule has 1 N–H and O–H groups in total. The molecule has 0 saturated carbocycles. The number of benzene rings is 3. The molecule has 1 aromatic heterocycles. The zero-order valence-corrected chi connectivity index (χ0v) is 19.6. The van der Waals surface area contributed by atoms with Crippen molar-refractivity contribution < 1.29 is 18.6 Å². The van der Waals surface area contributed by atoms with E-state index in [1.165, 1.54) is 18.5 Å². The van der Waals surface area contributed by atoms with Gasteiger partial charge in [-0.15, -0.1) is 0 Å². The van der Waals surface area contributed by atoms with E-state index in [1.54, 1.807) is 37.1 Å². The molecule has 3 heterocycles. The zero-order valence-electron chi connectivity index (χ0n) is 18.8. The van der Waals surface area contributed by atoms with E-state index in [2.05, 4.69) is 15.4 Å². The maximum absolute atomic E-state index is 13.8. The summed E-state index contributed by atoms with van der Waals surface area (Å²) >= 11 is 6.37. The van der Waals surface area contributed by atoms with E-state index >= 15 is 0 Å². The third kappa shape index (κ3) is 3.49. The predicted molar refractivity (Wildman–Crippen MR) is 129 cm³/mol. The largest absolute Gasteiger partial charge is 0.493 e. The number of fused-ring (bicyclic) bond motifs is 3. The van der Waals surface area contributed by atoms with Crippen LogP contribution in [0.4, 0.5) is 10.3 Å². The first-order valence-corrected chi connectivity index (χ1v) is 11.3. The Kier molecular flexibility index (Phi) is 5.11. The van der Waals surface area contributed by atoms with E-state index in [-0.39, 0.29) is 5.82 Å². The third-order valence-electron chi connectivity index (χ3n) is 6.27. The van der Waals surface area contributed by atoms with Crippen LogP contribution in [-0.2, 0) is 0 Å². The SMILES string of the molecule is COc1ccc([C@H]2Oc3ccc(Cl)cc3C3=C2[C@H](c2ccc(F)cc2)n2ncnc2N3)cc1OC. The Morgan fingerprint density at radius 3 is 2.51 bits per heavy atom. The Balaban J connectivity index is 1.61. The minimum Gasteiger partial charge on any atom is -0.493 e. The minimum absolute atomic E-state index is 0.316. The molecule has 7 nitrogen and oxygen atoms in total. The molecule has 0 aliphatic carbocycles. The molecule has 2 atom stereocenters. The fourth-order valence-electron chi connectivity index (χ4n) is 4.70. The van der Waals surface area contributed by atoms with Crippen molar-refractivity contribution in [3.8, 4) is 17.2 Å². The first-order chi connectivity index (χ1) is 17.1. The van der Waals surface area contributed by atoms with Crippen LogP contribution < -0.4 is 19.5 Å². The highest BCUT2D eigenvalue weighted by Gasteiger charge is 2.41. The summed E-state index contributed by atoms with van der Waals surface area (Å²) in [4.78, 5) is 4.41. The van der Waals surface area contributed by atoms with Gasteiger partial charge in [-0.1, -0.05) is 29.8 Å². The van der Waals surface area contributed by atoms with Crippen molar-refractivity contribution in [2.75, 3.05) is 19.5 Å². The van der Waals surface area contributed by atoms with Gasteiger partial charge < -0.3 is 19.5 Å². The molecule has 0 fully saturated rings. The van der Waals surface area contributed by atoms with E-state index in [0.29, 0.717) is 28.2 Å². The van der Waals surface area contributed by atoms with Gasteiger partial charge >= 0.3 is 0 Å². The highest BCUT2D eigenvalue weighted by atomic mass is 35.5. The normalized spacial score (nSPS) is 18.1. The average Bonchev–Trinajstić information content (AvgIpc) is 3.35. The molecule has 4 aromatic rings. The van der Waals surface area contributed by atoms with Crippen LogP contribution in [-0.4, -0.2) is 29.0 Å². The average molecular weight is 491 g/mol. The van der Waals surface area contributed by atoms with E-state index in [0.717, 1.165) is 28.0 Å². The fraction of sp³-hybridized carbons (Fsp3) is 0.154. The van der Waals surface area contributed by atoms with Crippen LogP contribution in [0.25, 0.3) is 5.70 Å². The number of hydrogen-bond acceptors (Lipinski definition) is 6. The van der Waals surface area contributed by atoms with Crippen LogP contribution in [0.3, 0.4) is 0 Å². The highest BCUT2D eigenvalue weighted by Crippen LogP contribution is 2.51. The summed E-state index contributed by atoms with van der Waals surface area (Å²) < 4.78 is 33.2. The third-order valence-corrected chi connectivity index (χ3v) is 6.51. The van der Waals surface area contributed by atoms with Crippen LogP contribution in [0, 0.1) is 5.82 Å². The first kappa shape index (κ1) is 21.5. The second-order valence-electron chi connectivity index (χ2n) is 8.19. The van der Waals surface area contributed by atoms with Crippen molar-refractivity contribution in [2.24, 2.45) is 0 Å². The summed E-state index contributed by atoms with van der Waals surface area (Å²) in [5, 5.41) is 8.48. The summed E-state index contributed by atoms with van der Waals surface area (Å²) in [6.45, 7) is 0. The lowest BCUT2D eigenvalue weighted by atomic mass is 9.84. The predicted octanol–water partition coefficient (Wildman–Crippen LogP) is 5.65. The molecule has 0 saturated heterocycles. The van der Waals surface area contributed by atoms with Crippen molar-refractivity contribution in [3.05, 3.63) is 100 Å². The van der Waals surface area contributed by atoms with Gasteiger partial charge in [-0.25, -0.2) is 9.07 Å². The van der Waals surface area contributed by atoms with Crippen LogP contribution >= 0.6 is 11.6 Å². The van der Waals surface area contributed by atoms with Crippen molar-refractivity contribution in [2.45, 2.75) is 12.1 Å². The number of methoxy groups -OCH3 is 2. The van der Waals surface area contributed by atoms with Gasteiger partial charge in [0.25, 0.3) is 0 Å². The Morgan fingerprint density at radius 2 is 1.74 bits per heavy atom. The Morgan fingerprint density at radius 1 is 0.971 bits per heavy atom. The Labute approximate surface area is 205 Å². The summed E-state index contributed by atoms with van der Waals surface area (Å²) in [5.74, 6) is 2.12. The van der Waals surface area contributed by atoms with E-state index in [4.69, 9.17) is 25.8 Å². The van der Waals surface area contributed by atoms with E-state index in [1.807, 2.05) is 30.3 Å². The minimum atomic E-state index is -0.515. The maximum atomic E-state index is 13.8. The van der Waals surface area contributed by atoms with Crippen molar-refractivity contribution in [1.29, 1.82) is 0 Å². The van der Waals surface area contributed by atoms with Crippen LogP contribution in [0.2, 0.25) is 5.02 Å². The summed E-state index contributed by atoms with van der Waals surface area (Å²) in [6.07, 6.45) is 0.973. The van der Waals surface area contributed by atoms with E-state index in [9.17, 15) is 4.39 Å². The lowest BCUT2D eigenvalue weighted by Gasteiger charge is -2.39. The lowest BCUT2D eigenvalue weighted by molar-refractivity contribution is 0.222. The van der Waals surface area contributed by atoms with Crippen LogP contribution in [0.5, 0.6) is 17.2 Å². The number of nitrogens with one attached hydrogen (secondary N) is 1. The molecule has 2 aliphatic rings. The molecule has 9 heteroatoms. The fourth-order valence-corrected chi connectivity index (χ4v) is 4.87. The zero-order chi connectivity index (χ0) is 24.1. The number of aromatic nitrogens is 3. The van der Waals surface area contributed by atoms with Gasteiger partial charge in [-0.3, -0.25) is 0 Å². The standard InChI is InChI=1S/C26H20ClFN4O3/c1-33-20-9-5-15(11-21(20)34-2)25-22-23(18-12-16(27)6-10-19(18)35-25)31-26-29-13-30-32(26)24(22)14-3-7-17(28)8-4-14/h3-13,24-25H,1-2H3,(H,29,30,31)/t24-,25+/m0/s1. The number of nitrogens with zero attached hydrogens (tertiary/aromatic N) is 3. The molecular weight excluding hydrogens is 471 g/mol. The molecule has 176 valence electrons. The van der Waals surface area contributed by atoms with Gasteiger partial charge in [-0.05, 0) is 48.0 Å². The number of rotatable bonds is 4. The Bertz CT molecular complexity index is 1470. The molecule has 35 heavy (non-hydrogen) atoms. The summed E-state index contributed by atoms with van der Waals surface area (Å²) in [5.41, 5.74) is 4.21. The number of anilines is 1. The summed E-state index contributed by atoms with van der Waals surface area (Å²) in [6, 6.07) is 17.2. The Hall–Kier alpha value is -4.04. The molecule has 2 aliphatic heterocycles. The molecule has 0 unspecified atom stereocenters. The molecule has 0 spiro atoms. The molecule has 6 rings (SSSR count). The van der Waals surface area contributed by atoms with Gasteiger partial charge in [0.2, 0.25) is 5.95 Å². The van der Waals surface area contributed by atoms with Gasteiger partial charge in [0.05, 0.1) is 19.9 Å². The van der Waals surface area contributed by atoms with Crippen molar-refractivity contribution >= 4 is 23.2 Å². The number of hydrogen-bond donors (Lipinski definition) is 1. The second kappa shape index (κ2) is 8.32. The van der Waals surface area contributed by atoms with Crippen LogP contribution in [0.1, 0.15) is 28.8 Å². The van der Waals surface area contributed by atoms with Crippen molar-refractivity contribution in [1.82, 2.24) is 14.8 Å². The molecule has 0 bridgehead atoms. The maximum Gasteiger partial charge on any atom is 0.226 e. The molecular formula is C26H20ClFN4O3. The topological polar surface area (TPSA) is 70.4 Å². The smallest absolute Gasteiger partial charge is 0.226 e. The quantitative estimate of drug-likeness (QED) is 0.399. The van der Waals surface area contributed by atoms with Gasteiger partial charge in [0, 0.05) is 21.7 Å². The number of ether oxygens (including phenoxy) is 3. The molecule has 0 amide bonds. The van der Waals surface area contributed by atoms with Gasteiger partial charge in [0.1, 0.15) is 30.0 Å². The highest BCUT2D eigenvalue weighted by molar-refractivity contribution is 6.30. The first-order valence-electron chi connectivity index (χ1n) is 10.9.